The molecule has 0 unspecified atom stereocenters. The second kappa shape index (κ2) is 2.90. The van der Waals surface area contributed by atoms with E-state index in [1.54, 1.807) is 0 Å². The Kier molecular flexibility index (Phi) is 1.74. The predicted molar refractivity (Wildman–Crippen MR) is 47.0 cm³/mol. The third-order valence-corrected chi connectivity index (χ3v) is 1.51. The summed E-state index contributed by atoms with van der Waals surface area (Å²) >= 11 is 4.78. The van der Waals surface area contributed by atoms with Crippen LogP contribution >= 0.6 is 12.2 Å². The summed E-state index contributed by atoms with van der Waals surface area (Å²) in [5.41, 5.74) is 5.98. The molecule has 2 rings (SSSR count). The SMILES string of the molecule is Nc1nc(=S)nc(-c2cn[nH]n2)[nH]1. The Morgan fingerprint density at radius 1 is 1.38 bits per heavy atom. The van der Waals surface area contributed by atoms with Gasteiger partial charge in [0.2, 0.25) is 10.7 Å². The van der Waals surface area contributed by atoms with Crippen LogP contribution in [0.2, 0.25) is 0 Å². The van der Waals surface area contributed by atoms with Gasteiger partial charge in [-0.1, -0.05) is 0 Å². The molecule has 0 bridgehead atoms. The van der Waals surface area contributed by atoms with E-state index >= 15 is 0 Å². The Morgan fingerprint density at radius 3 is 2.85 bits per heavy atom. The third-order valence-electron chi connectivity index (χ3n) is 1.33. The van der Waals surface area contributed by atoms with Crippen molar-refractivity contribution in [2.75, 3.05) is 5.73 Å². The second-order valence-electron chi connectivity index (χ2n) is 2.22. The summed E-state index contributed by atoms with van der Waals surface area (Å²) in [6.07, 6.45) is 1.51. The monoisotopic (exact) mass is 195 g/mol. The molecule has 2 aromatic rings. The summed E-state index contributed by atoms with van der Waals surface area (Å²) in [7, 11) is 0. The van der Waals surface area contributed by atoms with Crippen LogP contribution in [0.15, 0.2) is 6.20 Å². The highest BCUT2D eigenvalue weighted by Gasteiger charge is 2.03. The second-order valence-corrected chi connectivity index (χ2v) is 2.59. The molecule has 8 heteroatoms. The van der Waals surface area contributed by atoms with Crippen LogP contribution in [-0.2, 0) is 0 Å². The number of anilines is 1. The normalized spacial score (nSPS) is 10.2. The smallest absolute Gasteiger partial charge is 0.224 e. The number of nitrogens with one attached hydrogen (secondary N) is 2. The Bertz CT molecular complexity index is 458. The van der Waals surface area contributed by atoms with Crippen LogP contribution in [0.3, 0.4) is 0 Å². The molecule has 0 atom stereocenters. The quantitative estimate of drug-likeness (QED) is 0.548. The minimum absolute atomic E-state index is 0.175. The van der Waals surface area contributed by atoms with E-state index in [0.717, 1.165) is 0 Å². The van der Waals surface area contributed by atoms with Crippen molar-refractivity contribution in [3.05, 3.63) is 11.0 Å². The van der Waals surface area contributed by atoms with Gasteiger partial charge in [-0.3, -0.25) is 0 Å². The molecule has 0 aliphatic heterocycles. The first-order valence-electron chi connectivity index (χ1n) is 3.35. The van der Waals surface area contributed by atoms with Crippen molar-refractivity contribution in [1.29, 1.82) is 0 Å². The first-order chi connectivity index (χ1) is 6.25. The highest BCUT2D eigenvalue weighted by molar-refractivity contribution is 7.71. The fraction of sp³-hybridized carbons (Fsp3) is 0. The molecule has 2 aromatic heterocycles. The maximum absolute atomic E-state index is 5.43. The zero-order valence-electron chi connectivity index (χ0n) is 6.35. The molecule has 66 valence electrons. The zero-order chi connectivity index (χ0) is 9.26. The van der Waals surface area contributed by atoms with Crippen molar-refractivity contribution in [2.24, 2.45) is 0 Å². The van der Waals surface area contributed by atoms with Crippen LogP contribution in [0.1, 0.15) is 0 Å². The van der Waals surface area contributed by atoms with Crippen LogP contribution in [0.5, 0.6) is 0 Å². The third kappa shape index (κ3) is 1.51. The number of hydrogen-bond donors (Lipinski definition) is 3. The van der Waals surface area contributed by atoms with Gasteiger partial charge in [0.25, 0.3) is 0 Å². The molecule has 0 saturated heterocycles. The van der Waals surface area contributed by atoms with Crippen LogP contribution in [-0.4, -0.2) is 30.4 Å². The number of rotatable bonds is 1. The Balaban J connectivity index is 2.59. The van der Waals surface area contributed by atoms with Crippen LogP contribution in [0.4, 0.5) is 5.95 Å². The fourth-order valence-corrected chi connectivity index (χ4v) is 1.03. The number of nitrogens with zero attached hydrogens (tertiary/aromatic N) is 4. The van der Waals surface area contributed by atoms with E-state index in [9.17, 15) is 0 Å². The molecule has 7 nitrogen and oxygen atoms in total. The largest absolute Gasteiger partial charge is 0.369 e. The number of nitrogens with two attached hydrogens (primary N) is 1. The molecule has 0 aliphatic rings. The highest BCUT2D eigenvalue weighted by atomic mass is 32.1. The van der Waals surface area contributed by atoms with Crippen molar-refractivity contribution >= 4 is 18.2 Å². The molecular weight excluding hydrogens is 190 g/mol. The number of aromatic amines is 2. The summed E-state index contributed by atoms with van der Waals surface area (Å²) in [4.78, 5) is 10.4. The zero-order valence-corrected chi connectivity index (χ0v) is 7.17. The van der Waals surface area contributed by atoms with Gasteiger partial charge in [0.05, 0.1) is 6.20 Å². The van der Waals surface area contributed by atoms with Gasteiger partial charge in [-0.2, -0.15) is 25.4 Å². The molecule has 13 heavy (non-hydrogen) atoms. The lowest BCUT2D eigenvalue weighted by Gasteiger charge is -1.96. The van der Waals surface area contributed by atoms with Gasteiger partial charge in [-0.25, -0.2) is 0 Å². The first kappa shape index (κ1) is 7.80. The van der Waals surface area contributed by atoms with E-state index in [1.165, 1.54) is 6.20 Å². The Morgan fingerprint density at radius 2 is 2.23 bits per heavy atom. The van der Waals surface area contributed by atoms with Gasteiger partial charge in [0.1, 0.15) is 5.69 Å². The van der Waals surface area contributed by atoms with Gasteiger partial charge in [-0.15, -0.1) is 0 Å². The van der Waals surface area contributed by atoms with E-state index in [-0.39, 0.29) is 10.7 Å². The molecule has 0 aromatic carbocycles. The molecule has 2 heterocycles. The van der Waals surface area contributed by atoms with Gasteiger partial charge in [0, 0.05) is 0 Å². The topological polar surface area (TPSA) is 109 Å². The predicted octanol–water partition coefficient (Wildman–Crippen LogP) is -0.0985. The Hall–Kier alpha value is -1.83. The molecule has 0 fully saturated rings. The van der Waals surface area contributed by atoms with E-state index in [4.69, 9.17) is 18.0 Å². The standard InChI is InChI=1S/C5H5N7S/c6-4-8-3(9-5(13)10-4)2-1-7-12-11-2/h1H,(H,7,11,12)(H3,6,8,9,10,13). The van der Waals surface area contributed by atoms with E-state index in [0.29, 0.717) is 11.5 Å². The summed E-state index contributed by atoms with van der Waals surface area (Å²) < 4.78 is 0.175. The maximum Gasteiger partial charge on any atom is 0.224 e. The van der Waals surface area contributed by atoms with Crippen molar-refractivity contribution in [1.82, 2.24) is 30.4 Å². The van der Waals surface area contributed by atoms with Crippen molar-refractivity contribution in [2.45, 2.75) is 0 Å². The van der Waals surface area contributed by atoms with E-state index < -0.39 is 0 Å². The average molecular weight is 195 g/mol. The summed E-state index contributed by atoms with van der Waals surface area (Å²) in [5.74, 6) is 0.657. The Labute approximate surface area is 77.4 Å². The minimum Gasteiger partial charge on any atom is -0.369 e. The van der Waals surface area contributed by atoms with Crippen molar-refractivity contribution in [3.63, 3.8) is 0 Å². The molecule has 0 saturated carbocycles. The van der Waals surface area contributed by atoms with Crippen LogP contribution in [0, 0.1) is 4.77 Å². The van der Waals surface area contributed by atoms with Crippen LogP contribution in [0.25, 0.3) is 11.5 Å². The summed E-state index contributed by atoms with van der Waals surface area (Å²) in [5, 5.41) is 9.89. The van der Waals surface area contributed by atoms with E-state index in [1.807, 2.05) is 0 Å². The van der Waals surface area contributed by atoms with Crippen LogP contribution < -0.4 is 5.73 Å². The lowest BCUT2D eigenvalue weighted by atomic mass is 10.4. The number of hydrogen-bond acceptors (Lipinski definition) is 6. The molecular formula is C5H5N7S. The first-order valence-corrected chi connectivity index (χ1v) is 3.76. The van der Waals surface area contributed by atoms with E-state index in [2.05, 4.69) is 30.4 Å². The van der Waals surface area contributed by atoms with Gasteiger partial charge in [-0.05, 0) is 12.2 Å². The average Bonchev–Trinajstić information content (AvgIpc) is 2.53. The lowest BCUT2D eigenvalue weighted by molar-refractivity contribution is 0.935. The van der Waals surface area contributed by atoms with Gasteiger partial charge in [0.15, 0.2) is 5.82 Å². The number of nitrogen functional groups attached to an aromatic ring is 1. The molecule has 0 aliphatic carbocycles. The van der Waals surface area contributed by atoms with Crippen molar-refractivity contribution < 1.29 is 0 Å². The molecule has 0 amide bonds. The number of aromatic nitrogens is 6. The van der Waals surface area contributed by atoms with Gasteiger partial charge >= 0.3 is 0 Å². The lowest BCUT2D eigenvalue weighted by Crippen LogP contribution is -1.99. The van der Waals surface area contributed by atoms with Gasteiger partial charge < -0.3 is 10.7 Å². The highest BCUT2D eigenvalue weighted by Crippen LogP contribution is 2.08. The summed E-state index contributed by atoms with van der Waals surface area (Å²) in [6, 6.07) is 0. The molecule has 0 radical (unpaired) electrons. The minimum atomic E-state index is 0.175. The summed E-state index contributed by atoms with van der Waals surface area (Å²) in [6.45, 7) is 0. The molecule has 0 spiro atoms. The fourth-order valence-electron chi connectivity index (χ4n) is 0.838. The maximum atomic E-state index is 5.43. The van der Waals surface area contributed by atoms with Crippen molar-refractivity contribution in [3.8, 4) is 11.5 Å². The number of H-pyrrole nitrogens is 2. The molecule has 4 N–H and O–H groups in total.